The van der Waals surface area contributed by atoms with Gasteiger partial charge >= 0.3 is 0 Å². The van der Waals surface area contributed by atoms with E-state index in [4.69, 9.17) is 0 Å². The first-order valence-electron chi connectivity index (χ1n) is 2.41. The summed E-state index contributed by atoms with van der Waals surface area (Å²) >= 11 is 0. The Morgan fingerprint density at radius 1 is 1.00 bits per heavy atom. The SMILES string of the molecule is CCCCC.[Ar]. The summed E-state index contributed by atoms with van der Waals surface area (Å²) in [4.78, 5) is 0. The van der Waals surface area contributed by atoms with Crippen molar-refractivity contribution in [3.8, 4) is 0 Å². The van der Waals surface area contributed by atoms with Gasteiger partial charge in [0.25, 0.3) is 0 Å². The molecule has 0 fully saturated rings. The Labute approximate surface area is 70.3 Å². The molecule has 0 saturated heterocycles. The van der Waals surface area contributed by atoms with Gasteiger partial charge in [-0.2, -0.15) is 0 Å². The molecule has 0 aliphatic rings. The van der Waals surface area contributed by atoms with Gasteiger partial charge < -0.3 is 0 Å². The molecule has 0 aromatic rings. The van der Waals surface area contributed by atoms with Gasteiger partial charge in [0, 0.05) is 37.7 Å². The second-order valence-corrected chi connectivity index (χ2v) is 1.35. The molecule has 0 aliphatic heterocycles. The number of unbranched alkanes of at least 4 members (excludes halogenated alkanes) is 2. The van der Waals surface area contributed by atoms with E-state index in [9.17, 15) is 0 Å². The van der Waals surface area contributed by atoms with Crippen LogP contribution in [0.25, 0.3) is 0 Å². The van der Waals surface area contributed by atoms with Crippen LogP contribution in [0.1, 0.15) is 33.1 Å². The Bertz CT molecular complexity index is 11.4. The van der Waals surface area contributed by atoms with Crippen LogP contribution in [0, 0.1) is 37.7 Å². The van der Waals surface area contributed by atoms with Crippen molar-refractivity contribution in [1.29, 1.82) is 0 Å². The number of rotatable bonds is 2. The van der Waals surface area contributed by atoms with E-state index in [-0.39, 0.29) is 37.7 Å². The fourth-order valence-corrected chi connectivity index (χ4v) is 0.354. The third-order valence-corrected chi connectivity index (χ3v) is 0.707. The maximum Gasteiger partial charge on any atom is 0 e. The van der Waals surface area contributed by atoms with Gasteiger partial charge in [0.15, 0.2) is 0 Å². The molecule has 0 rings (SSSR count). The fraction of sp³-hybridized carbons (Fsp3) is 1.00. The van der Waals surface area contributed by atoms with Gasteiger partial charge in [-0.1, -0.05) is 33.1 Å². The van der Waals surface area contributed by atoms with Crippen molar-refractivity contribution in [1.82, 2.24) is 0 Å². The second kappa shape index (κ2) is 9.54. The summed E-state index contributed by atoms with van der Waals surface area (Å²) in [6.07, 6.45) is 4.08. The molecule has 0 saturated carbocycles. The van der Waals surface area contributed by atoms with Crippen molar-refractivity contribution in [3.05, 3.63) is 0 Å². The van der Waals surface area contributed by atoms with Gasteiger partial charge in [-0.15, -0.1) is 0 Å². The minimum absolute atomic E-state index is 0. The van der Waals surface area contributed by atoms with E-state index in [0.29, 0.717) is 0 Å². The van der Waals surface area contributed by atoms with E-state index in [2.05, 4.69) is 13.8 Å². The van der Waals surface area contributed by atoms with Crippen LogP contribution in [0.2, 0.25) is 0 Å². The first-order chi connectivity index (χ1) is 2.41. The van der Waals surface area contributed by atoms with Gasteiger partial charge in [-0.25, -0.2) is 0 Å². The second-order valence-electron chi connectivity index (χ2n) is 1.35. The van der Waals surface area contributed by atoms with E-state index < -0.39 is 0 Å². The van der Waals surface area contributed by atoms with Crippen LogP contribution in [0.3, 0.4) is 0 Å². The maximum atomic E-state index is 2.21. The molecule has 0 aromatic carbocycles. The van der Waals surface area contributed by atoms with Crippen molar-refractivity contribution in [3.63, 3.8) is 0 Å². The molecule has 1 heteroatoms. The Hall–Kier alpha value is 1.26. The maximum absolute atomic E-state index is 2.21. The molecular formula is C5H12Ar. The summed E-state index contributed by atoms with van der Waals surface area (Å²) in [6, 6.07) is 0. The van der Waals surface area contributed by atoms with Crippen LogP contribution < -0.4 is 0 Å². The number of hydrogen-bond donors (Lipinski definition) is 0. The normalized spacial score (nSPS) is 7.00. The molecule has 0 N–H and O–H groups in total. The Morgan fingerprint density at radius 3 is 1.33 bits per heavy atom. The average molecular weight is 112 g/mol. The predicted octanol–water partition coefficient (Wildman–Crippen LogP) is 2.20. The minimum Gasteiger partial charge on any atom is -0.0654 e. The molecule has 0 aromatic heterocycles. The quantitative estimate of drug-likeness (QED) is 0.513. The van der Waals surface area contributed by atoms with Gasteiger partial charge in [-0.3, -0.25) is 0 Å². The summed E-state index contributed by atoms with van der Waals surface area (Å²) in [5, 5.41) is 0. The summed E-state index contributed by atoms with van der Waals surface area (Å²) < 4.78 is 0. The third kappa shape index (κ3) is 8.98. The van der Waals surface area contributed by atoms with E-state index >= 15 is 0 Å². The molecule has 0 unspecified atom stereocenters. The van der Waals surface area contributed by atoms with Crippen molar-refractivity contribution in [2.75, 3.05) is 0 Å². The summed E-state index contributed by atoms with van der Waals surface area (Å²) in [5.74, 6) is 0. The zero-order valence-electron chi connectivity index (χ0n) is 4.47. The molecule has 0 bridgehead atoms. The van der Waals surface area contributed by atoms with Crippen molar-refractivity contribution >= 4 is 0 Å². The van der Waals surface area contributed by atoms with Crippen molar-refractivity contribution < 1.29 is 37.7 Å². The molecule has 40 valence electrons. The minimum atomic E-state index is 0. The molecule has 0 heterocycles. The zero-order chi connectivity index (χ0) is 4.12. The molecule has 0 atom stereocenters. The summed E-state index contributed by atoms with van der Waals surface area (Å²) in [6.45, 7) is 4.42. The first kappa shape index (κ1) is 10.3. The van der Waals surface area contributed by atoms with E-state index in [1.165, 1.54) is 19.3 Å². The zero-order valence-corrected chi connectivity index (χ0v) is 5.18. The summed E-state index contributed by atoms with van der Waals surface area (Å²) in [7, 11) is 0. The van der Waals surface area contributed by atoms with Crippen molar-refractivity contribution in [2.45, 2.75) is 33.1 Å². The number of hydrogen-bond acceptors (Lipinski definition) is 0. The van der Waals surface area contributed by atoms with Crippen LogP contribution in [0.4, 0.5) is 0 Å². The fourth-order valence-electron chi connectivity index (χ4n) is 0.354. The van der Waals surface area contributed by atoms with Crippen molar-refractivity contribution in [2.24, 2.45) is 0 Å². The Balaban J connectivity index is 0. The topological polar surface area (TPSA) is 0 Å². The third-order valence-electron chi connectivity index (χ3n) is 0.707. The molecule has 0 spiro atoms. The molecule has 0 radical (unpaired) electrons. The van der Waals surface area contributed by atoms with Gasteiger partial charge in [0.2, 0.25) is 0 Å². The average Bonchev–Trinajstić information content (AvgIpc) is 1.41. The Kier molecular flexibility index (Phi) is 16.4. The molecule has 0 amide bonds. The van der Waals surface area contributed by atoms with Gasteiger partial charge in [0.1, 0.15) is 0 Å². The standard InChI is InChI=1S/C5H12.Ar/c1-3-5-4-2;/h3-5H2,1-2H3;. The molecule has 0 aliphatic carbocycles. The van der Waals surface area contributed by atoms with Crippen LogP contribution in [-0.2, 0) is 0 Å². The smallest absolute Gasteiger partial charge is 0 e. The summed E-state index contributed by atoms with van der Waals surface area (Å²) in [5.41, 5.74) is 0. The van der Waals surface area contributed by atoms with E-state index in [1.807, 2.05) is 0 Å². The van der Waals surface area contributed by atoms with E-state index in [1.54, 1.807) is 0 Å². The predicted molar refractivity (Wildman–Crippen MR) is 25.2 cm³/mol. The first-order valence-corrected chi connectivity index (χ1v) is 2.41. The molecule has 0 nitrogen and oxygen atoms in total. The van der Waals surface area contributed by atoms with Crippen LogP contribution in [0.15, 0.2) is 0 Å². The Morgan fingerprint density at radius 2 is 1.33 bits per heavy atom. The monoisotopic (exact) mass is 112 g/mol. The van der Waals surface area contributed by atoms with Crippen LogP contribution in [0.5, 0.6) is 0 Å². The van der Waals surface area contributed by atoms with E-state index in [0.717, 1.165) is 0 Å². The molecular weight excluding hydrogens is 100 g/mol. The largest absolute Gasteiger partial charge is 0.0654 e. The van der Waals surface area contributed by atoms with Gasteiger partial charge in [0.05, 0.1) is 0 Å². The molecule has 6 heavy (non-hydrogen) atoms. The van der Waals surface area contributed by atoms with Gasteiger partial charge in [-0.05, 0) is 0 Å². The van der Waals surface area contributed by atoms with Crippen LogP contribution >= 0.6 is 0 Å². The van der Waals surface area contributed by atoms with Crippen LogP contribution in [-0.4, -0.2) is 0 Å².